The van der Waals surface area contributed by atoms with Crippen LogP contribution in [0, 0.1) is 5.82 Å². The van der Waals surface area contributed by atoms with Gasteiger partial charge in [0.2, 0.25) is 0 Å². The Kier molecular flexibility index (Phi) is 4.72. The molecule has 1 aromatic carbocycles. The van der Waals surface area contributed by atoms with E-state index >= 15 is 0 Å². The Labute approximate surface area is 115 Å². The second kappa shape index (κ2) is 6.10. The highest BCUT2D eigenvalue weighted by Crippen LogP contribution is 2.30. The van der Waals surface area contributed by atoms with E-state index < -0.39 is 0 Å². The molecule has 2 unspecified atom stereocenters. The number of hydrogen-bond acceptors (Lipinski definition) is 3. The third-order valence-electron chi connectivity index (χ3n) is 3.29. The summed E-state index contributed by atoms with van der Waals surface area (Å²) in [6.45, 7) is 2.34. The van der Waals surface area contributed by atoms with E-state index in [4.69, 9.17) is 4.74 Å². The zero-order valence-corrected chi connectivity index (χ0v) is 12.2. The van der Waals surface area contributed by atoms with Gasteiger partial charge in [-0.2, -0.15) is 0 Å². The van der Waals surface area contributed by atoms with Gasteiger partial charge >= 0.3 is 0 Å². The predicted molar refractivity (Wildman–Crippen MR) is 73.1 cm³/mol. The lowest BCUT2D eigenvalue weighted by Gasteiger charge is -2.39. The molecule has 1 fully saturated rings. The summed E-state index contributed by atoms with van der Waals surface area (Å²) in [5.41, 5.74) is 0.957. The number of benzene rings is 1. The molecule has 0 aromatic heterocycles. The van der Waals surface area contributed by atoms with Crippen molar-refractivity contribution in [3.05, 3.63) is 34.1 Å². The van der Waals surface area contributed by atoms with Crippen molar-refractivity contribution in [1.82, 2.24) is 10.2 Å². The number of halogens is 2. The van der Waals surface area contributed by atoms with Crippen LogP contribution in [0.25, 0.3) is 0 Å². The first-order valence-electron chi connectivity index (χ1n) is 6.05. The van der Waals surface area contributed by atoms with E-state index in [-0.39, 0.29) is 18.0 Å². The van der Waals surface area contributed by atoms with Gasteiger partial charge in [0, 0.05) is 13.1 Å². The Balaban J connectivity index is 2.28. The maximum atomic E-state index is 13.7. The first-order valence-corrected chi connectivity index (χ1v) is 6.84. The number of ether oxygens (including phenoxy) is 1. The molecule has 1 aromatic rings. The third kappa shape index (κ3) is 2.91. The van der Waals surface area contributed by atoms with E-state index in [0.717, 1.165) is 25.3 Å². The van der Waals surface area contributed by atoms with Crippen LogP contribution in [0.1, 0.15) is 11.6 Å². The van der Waals surface area contributed by atoms with Crippen molar-refractivity contribution < 1.29 is 9.13 Å². The van der Waals surface area contributed by atoms with E-state index in [1.54, 1.807) is 12.1 Å². The van der Waals surface area contributed by atoms with Gasteiger partial charge in [0.25, 0.3) is 0 Å². The minimum Gasteiger partial charge on any atom is -0.374 e. The topological polar surface area (TPSA) is 24.5 Å². The molecule has 1 saturated heterocycles. The summed E-state index contributed by atoms with van der Waals surface area (Å²) in [7, 11) is 3.95. The first-order chi connectivity index (χ1) is 8.63. The molecule has 0 spiro atoms. The Hall–Kier alpha value is -0.490. The standard InChI is InChI=1S/C13H18BrFN2O/c1-16-8-12-13(17(2)5-6-18-12)9-3-4-10(14)11(15)7-9/h3-4,7,12-13,16H,5-6,8H2,1-2H3. The highest BCUT2D eigenvalue weighted by atomic mass is 79.9. The van der Waals surface area contributed by atoms with Crippen molar-refractivity contribution >= 4 is 15.9 Å². The largest absolute Gasteiger partial charge is 0.374 e. The van der Waals surface area contributed by atoms with Gasteiger partial charge in [-0.15, -0.1) is 0 Å². The second-order valence-electron chi connectivity index (χ2n) is 4.57. The van der Waals surface area contributed by atoms with Gasteiger partial charge in [-0.05, 0) is 47.7 Å². The lowest BCUT2D eigenvalue weighted by atomic mass is 9.98. The second-order valence-corrected chi connectivity index (χ2v) is 5.42. The summed E-state index contributed by atoms with van der Waals surface area (Å²) in [6, 6.07) is 5.38. The van der Waals surface area contributed by atoms with E-state index in [0.29, 0.717) is 4.47 Å². The van der Waals surface area contributed by atoms with Crippen molar-refractivity contribution in [3.63, 3.8) is 0 Å². The van der Waals surface area contributed by atoms with Gasteiger partial charge in [0.05, 0.1) is 23.2 Å². The highest BCUT2D eigenvalue weighted by Gasteiger charge is 2.31. The Morgan fingerprint density at radius 1 is 1.56 bits per heavy atom. The third-order valence-corrected chi connectivity index (χ3v) is 3.94. The van der Waals surface area contributed by atoms with Gasteiger partial charge in [-0.25, -0.2) is 4.39 Å². The maximum absolute atomic E-state index is 13.7. The average Bonchev–Trinajstić information content (AvgIpc) is 2.34. The van der Waals surface area contributed by atoms with Crippen LogP contribution in [0.4, 0.5) is 4.39 Å². The lowest BCUT2D eigenvalue weighted by Crippen LogP contribution is -2.47. The summed E-state index contributed by atoms with van der Waals surface area (Å²) in [6.07, 6.45) is 0.0503. The van der Waals surface area contributed by atoms with Crippen molar-refractivity contribution in [2.45, 2.75) is 12.1 Å². The molecule has 5 heteroatoms. The Morgan fingerprint density at radius 2 is 2.33 bits per heavy atom. The molecular formula is C13H18BrFN2O. The minimum atomic E-state index is -0.227. The van der Waals surface area contributed by atoms with Crippen molar-refractivity contribution in [2.24, 2.45) is 0 Å². The molecule has 0 radical (unpaired) electrons. The van der Waals surface area contributed by atoms with E-state index in [1.807, 2.05) is 13.1 Å². The Bertz CT molecular complexity index is 414. The van der Waals surface area contributed by atoms with Crippen molar-refractivity contribution in [3.8, 4) is 0 Å². The van der Waals surface area contributed by atoms with Crippen LogP contribution in [-0.4, -0.2) is 44.8 Å². The average molecular weight is 317 g/mol. The molecule has 0 bridgehead atoms. The van der Waals surface area contributed by atoms with Gasteiger partial charge in [0.1, 0.15) is 5.82 Å². The fourth-order valence-corrected chi connectivity index (χ4v) is 2.65. The molecular weight excluding hydrogens is 299 g/mol. The van der Waals surface area contributed by atoms with Gasteiger partial charge in [0.15, 0.2) is 0 Å². The monoisotopic (exact) mass is 316 g/mol. The Morgan fingerprint density at radius 3 is 3.00 bits per heavy atom. The van der Waals surface area contributed by atoms with Crippen molar-refractivity contribution in [2.75, 3.05) is 33.8 Å². The normalized spacial score (nSPS) is 25.3. The molecule has 3 nitrogen and oxygen atoms in total. The lowest BCUT2D eigenvalue weighted by molar-refractivity contribution is -0.0607. The maximum Gasteiger partial charge on any atom is 0.137 e. The smallest absolute Gasteiger partial charge is 0.137 e. The van der Waals surface area contributed by atoms with Crippen LogP contribution < -0.4 is 5.32 Å². The summed E-state index contributed by atoms with van der Waals surface area (Å²) < 4.78 is 19.9. The van der Waals surface area contributed by atoms with Crippen LogP contribution in [-0.2, 0) is 4.74 Å². The summed E-state index contributed by atoms with van der Waals surface area (Å²) in [5.74, 6) is -0.227. The van der Waals surface area contributed by atoms with E-state index in [9.17, 15) is 4.39 Å². The number of nitrogens with zero attached hydrogens (tertiary/aromatic N) is 1. The molecule has 2 atom stereocenters. The number of nitrogens with one attached hydrogen (secondary N) is 1. The van der Waals surface area contributed by atoms with E-state index in [2.05, 4.69) is 33.2 Å². The molecule has 18 heavy (non-hydrogen) atoms. The SMILES string of the molecule is CNCC1OCCN(C)C1c1ccc(Br)c(F)c1. The zero-order chi connectivity index (χ0) is 13.1. The number of likely N-dealkylation sites (N-methyl/N-ethyl adjacent to an activating group) is 2. The molecule has 1 N–H and O–H groups in total. The molecule has 0 amide bonds. The number of rotatable bonds is 3. The molecule has 0 aliphatic carbocycles. The zero-order valence-electron chi connectivity index (χ0n) is 10.6. The van der Waals surface area contributed by atoms with Crippen LogP contribution in [0.3, 0.4) is 0 Å². The van der Waals surface area contributed by atoms with Crippen LogP contribution in [0.15, 0.2) is 22.7 Å². The fourth-order valence-electron chi connectivity index (χ4n) is 2.40. The molecule has 1 aliphatic rings. The quantitative estimate of drug-likeness (QED) is 0.925. The highest BCUT2D eigenvalue weighted by molar-refractivity contribution is 9.10. The molecule has 2 rings (SSSR count). The van der Waals surface area contributed by atoms with Gasteiger partial charge in [-0.1, -0.05) is 6.07 Å². The summed E-state index contributed by atoms with van der Waals surface area (Å²) in [5, 5.41) is 3.13. The first kappa shape index (κ1) is 13.9. The minimum absolute atomic E-state index is 0.0503. The summed E-state index contributed by atoms with van der Waals surface area (Å²) in [4.78, 5) is 2.22. The molecule has 1 aliphatic heterocycles. The predicted octanol–water partition coefficient (Wildman–Crippen LogP) is 2.18. The molecule has 100 valence electrons. The molecule has 0 saturated carbocycles. The van der Waals surface area contributed by atoms with Crippen LogP contribution >= 0.6 is 15.9 Å². The molecule has 1 heterocycles. The fraction of sp³-hybridized carbons (Fsp3) is 0.538. The summed E-state index contributed by atoms with van der Waals surface area (Å²) >= 11 is 3.18. The van der Waals surface area contributed by atoms with Crippen LogP contribution in [0.5, 0.6) is 0 Å². The van der Waals surface area contributed by atoms with E-state index in [1.165, 1.54) is 0 Å². The number of morpholine rings is 1. The van der Waals surface area contributed by atoms with Crippen molar-refractivity contribution in [1.29, 1.82) is 0 Å². The van der Waals surface area contributed by atoms with Gasteiger partial charge in [-0.3, -0.25) is 4.90 Å². The number of hydrogen-bond donors (Lipinski definition) is 1. The van der Waals surface area contributed by atoms with Gasteiger partial charge < -0.3 is 10.1 Å². The van der Waals surface area contributed by atoms with Crippen LogP contribution in [0.2, 0.25) is 0 Å².